The van der Waals surface area contributed by atoms with Gasteiger partial charge in [0, 0.05) is 38.2 Å². The van der Waals surface area contributed by atoms with Crippen LogP contribution in [0.2, 0.25) is 0 Å². The molecular formula is C15H29N3OS. The van der Waals surface area contributed by atoms with E-state index in [1.807, 2.05) is 0 Å². The van der Waals surface area contributed by atoms with Gasteiger partial charge in [-0.2, -0.15) is 0 Å². The number of thiazole rings is 1. The molecular weight excluding hydrogens is 270 g/mol. The average molecular weight is 299 g/mol. The van der Waals surface area contributed by atoms with E-state index >= 15 is 0 Å². The highest BCUT2D eigenvalue weighted by atomic mass is 32.1. The predicted octanol–water partition coefficient (Wildman–Crippen LogP) is 3.28. The fraction of sp³-hybridized carbons (Fsp3) is 0.800. The van der Waals surface area contributed by atoms with Gasteiger partial charge < -0.3 is 15.0 Å². The highest BCUT2D eigenvalue weighted by Gasteiger charge is 2.13. The Morgan fingerprint density at radius 1 is 1.40 bits per heavy atom. The third-order valence-electron chi connectivity index (χ3n) is 3.20. The molecule has 0 amide bonds. The maximum Gasteiger partial charge on any atom is 0.185 e. The Labute approximate surface area is 127 Å². The van der Waals surface area contributed by atoms with Crippen molar-refractivity contribution in [2.45, 2.75) is 52.6 Å². The number of ether oxygens (including phenoxy) is 1. The van der Waals surface area contributed by atoms with E-state index in [0.29, 0.717) is 6.04 Å². The van der Waals surface area contributed by atoms with Gasteiger partial charge >= 0.3 is 0 Å². The fourth-order valence-corrected chi connectivity index (χ4v) is 2.99. The van der Waals surface area contributed by atoms with Gasteiger partial charge in [-0.05, 0) is 20.3 Å². The molecule has 0 aromatic carbocycles. The minimum atomic E-state index is 0.507. The molecule has 0 aliphatic heterocycles. The SMILES string of the molecule is CCCCCN(c1nc(CNCCOC)cs1)C(C)C. The van der Waals surface area contributed by atoms with Gasteiger partial charge in [0.25, 0.3) is 0 Å². The van der Waals surface area contributed by atoms with Crippen LogP contribution in [0.4, 0.5) is 5.13 Å². The van der Waals surface area contributed by atoms with Crippen LogP contribution >= 0.6 is 11.3 Å². The monoisotopic (exact) mass is 299 g/mol. The number of hydrogen-bond donors (Lipinski definition) is 1. The first kappa shape index (κ1) is 17.4. The standard InChI is InChI=1S/C15H29N3OS/c1-5-6-7-9-18(13(2)3)15-17-14(12-20-15)11-16-8-10-19-4/h12-13,16H,5-11H2,1-4H3. The molecule has 5 heteroatoms. The summed E-state index contributed by atoms with van der Waals surface area (Å²) in [6, 6.07) is 0.507. The van der Waals surface area contributed by atoms with Gasteiger partial charge in [-0.15, -0.1) is 11.3 Å². The van der Waals surface area contributed by atoms with E-state index in [-0.39, 0.29) is 0 Å². The van der Waals surface area contributed by atoms with Gasteiger partial charge in [0.05, 0.1) is 12.3 Å². The van der Waals surface area contributed by atoms with Crippen LogP contribution in [-0.4, -0.2) is 37.8 Å². The van der Waals surface area contributed by atoms with Crippen LogP contribution in [0.5, 0.6) is 0 Å². The van der Waals surface area contributed by atoms with E-state index in [1.54, 1.807) is 18.4 Å². The summed E-state index contributed by atoms with van der Waals surface area (Å²) in [7, 11) is 1.72. The third kappa shape index (κ3) is 6.20. The van der Waals surface area contributed by atoms with Gasteiger partial charge in [0.1, 0.15) is 0 Å². The van der Waals surface area contributed by atoms with Crippen LogP contribution in [-0.2, 0) is 11.3 Å². The summed E-state index contributed by atoms with van der Waals surface area (Å²) in [4.78, 5) is 7.16. The molecule has 0 fully saturated rings. The molecule has 0 aliphatic carbocycles. The van der Waals surface area contributed by atoms with E-state index in [0.717, 1.165) is 37.1 Å². The summed E-state index contributed by atoms with van der Waals surface area (Å²) in [5, 5.41) is 6.65. The van der Waals surface area contributed by atoms with Gasteiger partial charge in [-0.25, -0.2) is 4.98 Å². The highest BCUT2D eigenvalue weighted by molar-refractivity contribution is 7.13. The van der Waals surface area contributed by atoms with E-state index < -0.39 is 0 Å². The summed E-state index contributed by atoms with van der Waals surface area (Å²) in [5.74, 6) is 0. The normalized spacial score (nSPS) is 11.2. The van der Waals surface area contributed by atoms with Crippen molar-refractivity contribution in [3.05, 3.63) is 11.1 Å². The van der Waals surface area contributed by atoms with Crippen LogP contribution in [0.1, 0.15) is 45.7 Å². The summed E-state index contributed by atoms with van der Waals surface area (Å²) in [6.07, 6.45) is 3.80. The van der Waals surface area contributed by atoms with Crippen molar-refractivity contribution in [3.63, 3.8) is 0 Å². The lowest BCUT2D eigenvalue weighted by Crippen LogP contribution is -2.31. The molecule has 0 bridgehead atoms. The molecule has 1 aromatic rings. The van der Waals surface area contributed by atoms with Crippen LogP contribution in [0.25, 0.3) is 0 Å². The van der Waals surface area contributed by atoms with Crippen LogP contribution in [0.15, 0.2) is 5.38 Å². The Morgan fingerprint density at radius 2 is 2.20 bits per heavy atom. The maximum atomic E-state index is 5.02. The van der Waals surface area contributed by atoms with E-state index in [4.69, 9.17) is 9.72 Å². The Kier molecular flexibility index (Phi) is 8.82. The zero-order valence-corrected chi connectivity index (χ0v) is 14.1. The molecule has 4 nitrogen and oxygen atoms in total. The number of nitrogens with one attached hydrogen (secondary N) is 1. The summed E-state index contributed by atoms with van der Waals surface area (Å²) in [5.41, 5.74) is 1.13. The lowest BCUT2D eigenvalue weighted by atomic mass is 10.2. The Bertz CT molecular complexity index is 355. The Balaban J connectivity index is 2.48. The van der Waals surface area contributed by atoms with Crippen LogP contribution in [0.3, 0.4) is 0 Å². The van der Waals surface area contributed by atoms with Gasteiger partial charge in [-0.1, -0.05) is 19.8 Å². The molecule has 116 valence electrons. The zero-order valence-electron chi connectivity index (χ0n) is 13.3. The quantitative estimate of drug-likeness (QED) is 0.636. The third-order valence-corrected chi connectivity index (χ3v) is 4.13. The minimum absolute atomic E-state index is 0.507. The van der Waals surface area contributed by atoms with Crippen LogP contribution in [0, 0.1) is 0 Å². The smallest absolute Gasteiger partial charge is 0.185 e. The summed E-state index contributed by atoms with van der Waals surface area (Å²) >= 11 is 1.75. The van der Waals surface area contributed by atoms with Crippen molar-refractivity contribution in [1.82, 2.24) is 10.3 Å². The van der Waals surface area contributed by atoms with Gasteiger partial charge in [0.2, 0.25) is 0 Å². The zero-order chi connectivity index (χ0) is 14.8. The van der Waals surface area contributed by atoms with Gasteiger partial charge in [0.15, 0.2) is 5.13 Å². The molecule has 0 saturated carbocycles. The van der Waals surface area contributed by atoms with Gasteiger partial charge in [-0.3, -0.25) is 0 Å². The Hall–Kier alpha value is -0.650. The molecule has 20 heavy (non-hydrogen) atoms. The molecule has 0 atom stereocenters. The first-order valence-electron chi connectivity index (χ1n) is 7.59. The van der Waals surface area contributed by atoms with E-state index in [2.05, 4.69) is 36.4 Å². The second-order valence-corrected chi connectivity index (χ2v) is 6.12. The fourth-order valence-electron chi connectivity index (χ4n) is 2.01. The van der Waals surface area contributed by atoms with Crippen molar-refractivity contribution in [2.75, 3.05) is 31.7 Å². The van der Waals surface area contributed by atoms with E-state index in [9.17, 15) is 0 Å². The molecule has 0 saturated heterocycles. The van der Waals surface area contributed by atoms with Crippen molar-refractivity contribution >= 4 is 16.5 Å². The number of rotatable bonds is 11. The average Bonchev–Trinajstić information content (AvgIpc) is 2.88. The Morgan fingerprint density at radius 3 is 2.85 bits per heavy atom. The summed E-state index contributed by atoms with van der Waals surface area (Å²) in [6.45, 7) is 10.3. The molecule has 1 N–H and O–H groups in total. The molecule has 0 radical (unpaired) electrons. The second kappa shape index (κ2) is 10.1. The first-order chi connectivity index (χ1) is 9.69. The topological polar surface area (TPSA) is 37.4 Å². The van der Waals surface area contributed by atoms with Crippen molar-refractivity contribution in [3.8, 4) is 0 Å². The van der Waals surface area contributed by atoms with Crippen molar-refractivity contribution in [1.29, 1.82) is 0 Å². The molecule has 1 heterocycles. The summed E-state index contributed by atoms with van der Waals surface area (Å²) < 4.78 is 5.02. The highest BCUT2D eigenvalue weighted by Crippen LogP contribution is 2.23. The lowest BCUT2D eigenvalue weighted by molar-refractivity contribution is 0.199. The molecule has 0 unspecified atom stereocenters. The maximum absolute atomic E-state index is 5.02. The number of aromatic nitrogens is 1. The van der Waals surface area contributed by atoms with E-state index in [1.165, 1.54) is 19.3 Å². The first-order valence-corrected chi connectivity index (χ1v) is 8.47. The van der Waals surface area contributed by atoms with Crippen molar-refractivity contribution < 1.29 is 4.74 Å². The lowest BCUT2D eigenvalue weighted by Gasteiger charge is -2.26. The van der Waals surface area contributed by atoms with Crippen LogP contribution < -0.4 is 10.2 Å². The number of anilines is 1. The largest absolute Gasteiger partial charge is 0.383 e. The molecule has 0 aliphatic rings. The predicted molar refractivity (Wildman–Crippen MR) is 87.7 cm³/mol. The second-order valence-electron chi connectivity index (χ2n) is 5.29. The molecule has 1 rings (SSSR count). The minimum Gasteiger partial charge on any atom is -0.383 e. The molecule has 1 aromatic heterocycles. The number of hydrogen-bond acceptors (Lipinski definition) is 5. The number of nitrogens with zero attached hydrogens (tertiary/aromatic N) is 2. The molecule has 0 spiro atoms. The van der Waals surface area contributed by atoms with Crippen molar-refractivity contribution in [2.24, 2.45) is 0 Å². The number of methoxy groups -OCH3 is 1. The number of unbranched alkanes of at least 4 members (excludes halogenated alkanes) is 2.